The summed E-state index contributed by atoms with van der Waals surface area (Å²) in [5.74, 6) is 0. The Balaban J connectivity index is -0.0000000200. The smallest absolute Gasteiger partial charge is 0 e. The molecule has 2 nitrogen and oxygen atoms in total. The van der Waals surface area contributed by atoms with Crippen LogP contribution in [0, 0.1) is 0 Å². The third-order valence-corrected chi connectivity index (χ3v) is 0. The SMILES string of the molecule is [Fe].[OH][Ni][OH].[Pt]. The van der Waals surface area contributed by atoms with Crippen LogP contribution in [-0.2, 0) is 53.2 Å². The molecule has 5 heteroatoms. The van der Waals surface area contributed by atoms with E-state index in [1.165, 1.54) is 0 Å². The molecule has 0 saturated carbocycles. The van der Waals surface area contributed by atoms with Crippen LogP contribution in [0.1, 0.15) is 0 Å². The van der Waals surface area contributed by atoms with E-state index in [2.05, 4.69) is 0 Å². The molecule has 42 valence electrons. The summed E-state index contributed by atoms with van der Waals surface area (Å²) < 4.78 is 14.1. The molecule has 0 aliphatic carbocycles. The second-order valence-electron chi connectivity index (χ2n) is 0.0632. The topological polar surface area (TPSA) is 40.5 Å². The van der Waals surface area contributed by atoms with Crippen molar-refractivity contribution in [1.82, 2.24) is 0 Å². The van der Waals surface area contributed by atoms with Gasteiger partial charge in [0.2, 0.25) is 0 Å². The third-order valence-electron chi connectivity index (χ3n) is 0. The fourth-order valence-electron chi connectivity index (χ4n) is 0. The van der Waals surface area contributed by atoms with Crippen molar-refractivity contribution in [2.24, 2.45) is 0 Å². The number of hydrogen-bond acceptors (Lipinski definition) is 2. The summed E-state index contributed by atoms with van der Waals surface area (Å²) in [5, 5.41) is 0. The molecule has 0 aromatic heterocycles. The number of hydrogen-bond donors (Lipinski definition) is 2. The van der Waals surface area contributed by atoms with E-state index in [-0.39, 0.29) is 53.2 Å². The Labute approximate surface area is 61.5 Å². The molecule has 0 aliphatic rings. The Morgan fingerprint density at radius 1 is 1.20 bits per heavy atom. The van der Waals surface area contributed by atoms with Crippen LogP contribution in [-0.4, -0.2) is 8.50 Å². The molecular formula is H2FeNiO2Pt. The molecule has 0 aromatic rings. The van der Waals surface area contributed by atoms with Gasteiger partial charge in [0.25, 0.3) is 0 Å². The zero-order valence-corrected chi connectivity index (χ0v) is 6.24. The van der Waals surface area contributed by atoms with Crippen LogP contribution in [0.4, 0.5) is 0 Å². The van der Waals surface area contributed by atoms with Crippen LogP contribution in [0.25, 0.3) is 0 Å². The molecule has 0 amide bonds. The van der Waals surface area contributed by atoms with E-state index in [0.717, 1.165) is 0 Å². The van der Waals surface area contributed by atoms with Crippen molar-refractivity contribution in [3.63, 3.8) is 0 Å². The van der Waals surface area contributed by atoms with Crippen molar-refractivity contribution < 1.29 is 61.7 Å². The first-order valence-electron chi connectivity index (χ1n) is 0.283. The Kier molecular flexibility index (Phi) is 55.8. The molecule has 0 saturated heterocycles. The van der Waals surface area contributed by atoms with Crippen LogP contribution < -0.4 is 0 Å². The molecule has 0 heterocycles. The molecule has 0 aliphatic heterocycles. The van der Waals surface area contributed by atoms with Crippen molar-refractivity contribution in [1.29, 1.82) is 0 Å². The van der Waals surface area contributed by atoms with Gasteiger partial charge in [0.15, 0.2) is 0 Å². The molecule has 0 aromatic carbocycles. The minimum Gasteiger partial charge on any atom is 0 e. The standard InChI is InChI=1S/Fe.Ni.2H2O.Pt/h;;2*1H2;/q;+2;;;/p-2. The molecule has 0 fully saturated rings. The van der Waals surface area contributed by atoms with Crippen LogP contribution in [0.2, 0.25) is 0 Å². The molecule has 2 N–H and O–H groups in total. The van der Waals surface area contributed by atoms with E-state index < -0.39 is 0 Å². The zero-order chi connectivity index (χ0) is 2.71. The summed E-state index contributed by atoms with van der Waals surface area (Å²) >= 11 is -0.375. The summed E-state index contributed by atoms with van der Waals surface area (Å²) in [6.07, 6.45) is 0. The van der Waals surface area contributed by atoms with E-state index in [1.54, 1.807) is 0 Å². The monoisotopic (exact) mass is 343 g/mol. The van der Waals surface area contributed by atoms with Crippen LogP contribution >= 0.6 is 0 Å². The molecule has 5 heavy (non-hydrogen) atoms. The van der Waals surface area contributed by atoms with Crippen LogP contribution in [0.5, 0.6) is 0 Å². The molecule has 0 bridgehead atoms. The van der Waals surface area contributed by atoms with E-state index in [4.69, 9.17) is 8.50 Å². The summed E-state index contributed by atoms with van der Waals surface area (Å²) in [6, 6.07) is 0. The maximum Gasteiger partial charge on any atom is 0 e. The first-order valence-corrected chi connectivity index (χ1v) is 1.17. The summed E-state index contributed by atoms with van der Waals surface area (Å²) in [4.78, 5) is 0. The Morgan fingerprint density at radius 2 is 1.20 bits per heavy atom. The molecule has 0 rings (SSSR count). The van der Waals surface area contributed by atoms with Crippen molar-refractivity contribution in [3.05, 3.63) is 0 Å². The Hall–Kier alpha value is 1.62. The van der Waals surface area contributed by atoms with Gasteiger partial charge in [-0.1, -0.05) is 0 Å². The van der Waals surface area contributed by atoms with Gasteiger partial charge < -0.3 is 0 Å². The van der Waals surface area contributed by atoms with Crippen molar-refractivity contribution in [2.75, 3.05) is 0 Å². The van der Waals surface area contributed by atoms with E-state index in [0.29, 0.717) is 0 Å². The maximum absolute atomic E-state index is 7.06. The predicted octanol–water partition coefficient (Wildman–Crippen LogP) is -1.12. The maximum atomic E-state index is 7.06. The van der Waals surface area contributed by atoms with Gasteiger partial charge in [0, 0.05) is 38.1 Å². The quantitative estimate of drug-likeness (QED) is 0.547. The van der Waals surface area contributed by atoms with Gasteiger partial charge in [0.1, 0.15) is 0 Å². The third kappa shape index (κ3) is 28.0. The summed E-state index contributed by atoms with van der Waals surface area (Å²) in [7, 11) is 0. The Morgan fingerprint density at radius 3 is 1.20 bits per heavy atom. The second-order valence-corrected chi connectivity index (χ2v) is 0.261. The van der Waals surface area contributed by atoms with Gasteiger partial charge in [-0.05, 0) is 0 Å². The normalized spacial score (nSPS) is 4.40. The summed E-state index contributed by atoms with van der Waals surface area (Å²) in [6.45, 7) is 0. The van der Waals surface area contributed by atoms with E-state index >= 15 is 0 Å². The van der Waals surface area contributed by atoms with Crippen LogP contribution in [0.3, 0.4) is 0 Å². The molecule has 0 radical (unpaired) electrons. The van der Waals surface area contributed by atoms with Gasteiger partial charge in [-0.15, -0.1) is 0 Å². The first kappa shape index (κ1) is 16.0. The van der Waals surface area contributed by atoms with Crippen molar-refractivity contribution >= 4 is 0 Å². The fourth-order valence-corrected chi connectivity index (χ4v) is 0. The van der Waals surface area contributed by atoms with Gasteiger partial charge in [0.05, 0.1) is 0 Å². The van der Waals surface area contributed by atoms with Crippen molar-refractivity contribution in [2.45, 2.75) is 0 Å². The van der Waals surface area contributed by atoms with Gasteiger partial charge in [-0.3, -0.25) is 0 Å². The largest absolute Gasteiger partial charge is 0 e. The van der Waals surface area contributed by atoms with Crippen molar-refractivity contribution in [3.8, 4) is 0 Å². The second kappa shape index (κ2) is 17.5. The fraction of sp³-hybridized carbons (Fsp3) is 0. The minimum atomic E-state index is -0.375. The first-order chi connectivity index (χ1) is 1.41. The average Bonchev–Trinajstić information content (AvgIpc) is 0.918. The van der Waals surface area contributed by atoms with Gasteiger partial charge in [-0.2, -0.15) is 0 Å². The van der Waals surface area contributed by atoms with Crippen LogP contribution in [0.15, 0.2) is 0 Å². The summed E-state index contributed by atoms with van der Waals surface area (Å²) in [5.41, 5.74) is 0. The molecule has 0 unspecified atom stereocenters. The Bertz CT molecular complexity index is 9.61. The molecular weight excluding hydrogens is 342 g/mol. The van der Waals surface area contributed by atoms with E-state index in [1.807, 2.05) is 0 Å². The predicted molar refractivity (Wildman–Crippen MR) is 4.44 cm³/mol. The molecule has 0 atom stereocenters. The van der Waals surface area contributed by atoms with Gasteiger partial charge >= 0.3 is 23.6 Å². The minimum absolute atomic E-state index is 0. The number of rotatable bonds is 0. The molecule has 0 spiro atoms. The zero-order valence-electron chi connectivity index (χ0n) is 1.88. The average molecular weight is 344 g/mol. The van der Waals surface area contributed by atoms with E-state index in [9.17, 15) is 0 Å². The van der Waals surface area contributed by atoms with Gasteiger partial charge in [-0.25, -0.2) is 0 Å².